The summed E-state index contributed by atoms with van der Waals surface area (Å²) in [6, 6.07) is 13.6. The number of nitrogens with zero attached hydrogens (tertiary/aromatic N) is 2. The smallest absolute Gasteiger partial charge is 0.387 e. The molecule has 0 aliphatic rings. The number of benzene rings is 2. The molecule has 1 N–H and O–H groups in total. The predicted octanol–water partition coefficient (Wildman–Crippen LogP) is 5.33. The van der Waals surface area contributed by atoms with Crippen LogP contribution in [0.1, 0.15) is 12.5 Å². The molecule has 0 atom stereocenters. The molecule has 7 heteroatoms. The Kier molecular flexibility index (Phi) is 5.09. The number of fused-ring (bicyclic) bond motifs is 1. The van der Waals surface area contributed by atoms with Crippen LogP contribution in [0, 0.1) is 0 Å². The second kappa shape index (κ2) is 7.44. The minimum Gasteiger partial charge on any atom is -0.434 e. The summed E-state index contributed by atoms with van der Waals surface area (Å²) in [5.41, 5.74) is 5.40. The fourth-order valence-electron chi connectivity index (χ4n) is 2.39. The van der Waals surface area contributed by atoms with Crippen LogP contribution in [0.15, 0.2) is 59.8 Å². The van der Waals surface area contributed by atoms with Gasteiger partial charge < -0.3 is 4.74 Å². The van der Waals surface area contributed by atoms with Crippen molar-refractivity contribution < 1.29 is 13.5 Å². The lowest BCUT2D eigenvalue weighted by Crippen LogP contribution is -2.08. The average molecular weight is 362 g/mol. The third-order valence-electron chi connectivity index (χ3n) is 3.54. The summed E-state index contributed by atoms with van der Waals surface area (Å²) in [6.45, 7) is -1.18. The van der Waals surface area contributed by atoms with Crippen molar-refractivity contribution in [2.24, 2.45) is 5.10 Å². The normalized spacial score (nSPS) is 11.8. The zero-order chi connectivity index (χ0) is 17.8. The highest BCUT2D eigenvalue weighted by molar-refractivity contribution is 6.31. The van der Waals surface area contributed by atoms with Crippen LogP contribution >= 0.6 is 11.6 Å². The van der Waals surface area contributed by atoms with Gasteiger partial charge in [0.05, 0.1) is 16.9 Å². The lowest BCUT2D eigenvalue weighted by Gasteiger charge is -2.11. The zero-order valence-corrected chi connectivity index (χ0v) is 14.0. The van der Waals surface area contributed by atoms with Crippen LogP contribution in [-0.4, -0.2) is 17.3 Å². The van der Waals surface area contributed by atoms with E-state index in [1.165, 1.54) is 6.07 Å². The number of nitrogens with one attached hydrogen (secondary N) is 1. The summed E-state index contributed by atoms with van der Waals surface area (Å²) < 4.78 is 29.6. The molecule has 0 bridgehead atoms. The number of ether oxygens (including phenoxy) is 1. The quantitative estimate of drug-likeness (QED) is 0.493. The minimum absolute atomic E-state index is 0.0759. The van der Waals surface area contributed by atoms with E-state index in [0.29, 0.717) is 16.3 Å². The van der Waals surface area contributed by atoms with Crippen LogP contribution in [0.5, 0.6) is 5.75 Å². The van der Waals surface area contributed by atoms with Gasteiger partial charge in [0.1, 0.15) is 5.75 Å². The maximum atomic E-state index is 12.5. The summed E-state index contributed by atoms with van der Waals surface area (Å²) in [5, 5.41) is 5.73. The first kappa shape index (κ1) is 17.1. The highest BCUT2D eigenvalue weighted by atomic mass is 35.5. The summed E-state index contributed by atoms with van der Waals surface area (Å²) in [6.07, 6.45) is 1.64. The summed E-state index contributed by atoms with van der Waals surface area (Å²) in [4.78, 5) is 4.26. The molecule has 1 heterocycles. The van der Waals surface area contributed by atoms with Gasteiger partial charge in [0.2, 0.25) is 0 Å². The second-order valence-corrected chi connectivity index (χ2v) is 5.64. The molecule has 0 spiro atoms. The Morgan fingerprint density at radius 3 is 2.80 bits per heavy atom. The maximum absolute atomic E-state index is 12.5. The van der Waals surface area contributed by atoms with Crippen molar-refractivity contribution in [3.63, 3.8) is 0 Å². The fourth-order valence-corrected chi connectivity index (χ4v) is 2.55. The van der Waals surface area contributed by atoms with Gasteiger partial charge in [-0.05, 0) is 43.3 Å². The SMILES string of the molecule is CC(=NNc1ccnc2cc(Cl)ccc12)c1ccccc1OC(F)F. The maximum Gasteiger partial charge on any atom is 0.387 e. The standard InChI is InChI=1S/C18H14ClF2N3O/c1-11(13-4-2-3-5-17(13)25-18(20)21)23-24-15-8-9-22-16-10-12(19)6-7-14(15)16/h2-10,18H,1H3,(H,22,24). The molecule has 0 radical (unpaired) electrons. The molecule has 0 saturated carbocycles. The van der Waals surface area contributed by atoms with Crippen LogP contribution < -0.4 is 10.2 Å². The molecule has 2 aromatic carbocycles. The van der Waals surface area contributed by atoms with E-state index >= 15 is 0 Å². The van der Waals surface area contributed by atoms with Crippen LogP contribution in [0.3, 0.4) is 0 Å². The number of hydrogen-bond acceptors (Lipinski definition) is 4. The molecular weight excluding hydrogens is 348 g/mol. The molecule has 0 saturated heterocycles. The molecule has 3 aromatic rings. The number of rotatable bonds is 5. The first-order valence-corrected chi connectivity index (χ1v) is 7.81. The summed E-state index contributed by atoms with van der Waals surface area (Å²) >= 11 is 5.97. The second-order valence-electron chi connectivity index (χ2n) is 5.20. The highest BCUT2D eigenvalue weighted by Gasteiger charge is 2.11. The first-order valence-electron chi connectivity index (χ1n) is 7.43. The van der Waals surface area contributed by atoms with Crippen molar-refractivity contribution in [3.8, 4) is 5.75 Å². The molecule has 1 aromatic heterocycles. The Morgan fingerprint density at radius 2 is 2.00 bits per heavy atom. The van der Waals surface area contributed by atoms with Gasteiger partial charge >= 0.3 is 6.61 Å². The topological polar surface area (TPSA) is 46.5 Å². The van der Waals surface area contributed by atoms with Gasteiger partial charge in [0.25, 0.3) is 0 Å². The molecule has 4 nitrogen and oxygen atoms in total. The first-order chi connectivity index (χ1) is 12.0. The Bertz CT molecular complexity index is 931. The van der Waals surface area contributed by atoms with Gasteiger partial charge in [-0.1, -0.05) is 23.7 Å². The molecular formula is C18H14ClF2N3O. The van der Waals surface area contributed by atoms with Gasteiger partial charge in [-0.15, -0.1) is 0 Å². The number of halogens is 3. The molecule has 3 rings (SSSR count). The lowest BCUT2D eigenvalue weighted by molar-refractivity contribution is -0.0499. The predicted molar refractivity (Wildman–Crippen MR) is 95.7 cm³/mol. The average Bonchev–Trinajstić information content (AvgIpc) is 2.59. The van der Waals surface area contributed by atoms with E-state index in [1.807, 2.05) is 6.07 Å². The zero-order valence-electron chi connectivity index (χ0n) is 13.2. The molecule has 25 heavy (non-hydrogen) atoms. The molecule has 0 unspecified atom stereocenters. The van der Waals surface area contributed by atoms with E-state index in [-0.39, 0.29) is 5.75 Å². The Hall–Kier alpha value is -2.73. The third kappa shape index (κ3) is 4.03. The van der Waals surface area contributed by atoms with Crippen molar-refractivity contribution in [2.75, 3.05) is 5.43 Å². The number of anilines is 1. The minimum atomic E-state index is -2.89. The molecule has 0 aliphatic carbocycles. The highest BCUT2D eigenvalue weighted by Crippen LogP contribution is 2.25. The van der Waals surface area contributed by atoms with E-state index in [2.05, 4.69) is 20.2 Å². The van der Waals surface area contributed by atoms with Gasteiger partial charge in [-0.3, -0.25) is 10.4 Å². The van der Waals surface area contributed by atoms with E-state index in [4.69, 9.17) is 11.6 Å². The van der Waals surface area contributed by atoms with E-state index in [0.717, 1.165) is 16.6 Å². The fraction of sp³-hybridized carbons (Fsp3) is 0.111. The Morgan fingerprint density at radius 1 is 1.20 bits per heavy atom. The number of pyridine rings is 1. The number of hydrogen-bond donors (Lipinski definition) is 1. The largest absolute Gasteiger partial charge is 0.434 e. The molecule has 0 aliphatic heterocycles. The number of alkyl halides is 2. The van der Waals surface area contributed by atoms with Gasteiger partial charge in [0, 0.05) is 22.2 Å². The van der Waals surface area contributed by atoms with E-state index in [9.17, 15) is 8.78 Å². The summed E-state index contributed by atoms with van der Waals surface area (Å²) in [5.74, 6) is 0.0759. The molecule has 0 fully saturated rings. The van der Waals surface area contributed by atoms with Gasteiger partial charge in [-0.2, -0.15) is 13.9 Å². The van der Waals surface area contributed by atoms with Crippen molar-refractivity contribution >= 4 is 33.9 Å². The summed E-state index contributed by atoms with van der Waals surface area (Å²) in [7, 11) is 0. The van der Waals surface area contributed by atoms with Crippen LogP contribution in [0.25, 0.3) is 10.9 Å². The van der Waals surface area contributed by atoms with Crippen LogP contribution in [-0.2, 0) is 0 Å². The van der Waals surface area contributed by atoms with E-state index in [1.54, 1.807) is 49.5 Å². The van der Waals surface area contributed by atoms with Crippen LogP contribution in [0.2, 0.25) is 5.02 Å². The number of para-hydroxylation sites is 1. The third-order valence-corrected chi connectivity index (χ3v) is 3.78. The molecule has 128 valence electrons. The van der Waals surface area contributed by atoms with Crippen molar-refractivity contribution in [1.29, 1.82) is 0 Å². The Balaban J connectivity index is 1.90. The Labute approximate surface area is 148 Å². The van der Waals surface area contributed by atoms with E-state index < -0.39 is 6.61 Å². The number of aromatic nitrogens is 1. The van der Waals surface area contributed by atoms with Gasteiger partial charge in [-0.25, -0.2) is 0 Å². The number of hydrazone groups is 1. The van der Waals surface area contributed by atoms with Crippen molar-refractivity contribution in [1.82, 2.24) is 4.98 Å². The van der Waals surface area contributed by atoms with Crippen LogP contribution in [0.4, 0.5) is 14.5 Å². The van der Waals surface area contributed by atoms with Gasteiger partial charge in [0.15, 0.2) is 0 Å². The van der Waals surface area contributed by atoms with Crippen molar-refractivity contribution in [2.45, 2.75) is 13.5 Å². The monoisotopic (exact) mass is 361 g/mol. The lowest BCUT2D eigenvalue weighted by atomic mass is 10.1. The van der Waals surface area contributed by atoms with Crippen molar-refractivity contribution in [3.05, 3.63) is 65.3 Å². The molecule has 0 amide bonds.